The highest BCUT2D eigenvalue weighted by atomic mass is 19.1. The average molecular weight is 718 g/mol. The van der Waals surface area contributed by atoms with Crippen LogP contribution in [0.4, 0.5) is 9.18 Å². The molecule has 272 valence electrons. The summed E-state index contributed by atoms with van der Waals surface area (Å²) in [6.45, 7) is 7.22. The van der Waals surface area contributed by atoms with Crippen LogP contribution in [0.15, 0.2) is 78.9 Å². The molecule has 1 aliphatic heterocycles. The molecule has 0 unspecified atom stereocenters. The molecule has 0 saturated carbocycles. The minimum Gasteiger partial charge on any atom is -0.478 e. The number of aromatic nitrogens is 3. The van der Waals surface area contributed by atoms with Gasteiger partial charge in [0.1, 0.15) is 23.8 Å². The second kappa shape index (κ2) is 15.7. The Morgan fingerprint density at radius 1 is 1.02 bits per heavy atom. The lowest BCUT2D eigenvalue weighted by Gasteiger charge is -2.30. The molecule has 0 fully saturated rings. The summed E-state index contributed by atoms with van der Waals surface area (Å²) in [5.74, 6) is -0.470. The Morgan fingerprint density at radius 3 is 2.53 bits per heavy atom. The Labute approximate surface area is 306 Å². The predicted octanol–water partition coefficient (Wildman–Crippen LogP) is 7.65. The molecule has 0 aliphatic carbocycles. The zero-order valence-electron chi connectivity index (χ0n) is 30.1. The molecule has 0 atom stereocenters. The van der Waals surface area contributed by atoms with E-state index in [1.807, 2.05) is 61.7 Å². The van der Waals surface area contributed by atoms with E-state index in [9.17, 15) is 19.1 Å². The lowest BCUT2D eigenvalue weighted by molar-refractivity contribution is 0.0270. The molecule has 0 radical (unpaired) electrons. The summed E-state index contributed by atoms with van der Waals surface area (Å²) >= 11 is 0. The first-order valence-electron chi connectivity index (χ1n) is 17.2. The number of carbonyl (C=O) groups excluding carboxylic acids is 1. The molecule has 1 aliphatic rings. The van der Waals surface area contributed by atoms with Gasteiger partial charge in [-0.15, -0.1) is 0 Å². The summed E-state index contributed by atoms with van der Waals surface area (Å²) in [5, 5.41) is 18.7. The van der Waals surface area contributed by atoms with Gasteiger partial charge in [-0.05, 0) is 86.4 Å². The number of fused-ring (bicyclic) bond motifs is 1. The van der Waals surface area contributed by atoms with E-state index in [1.165, 1.54) is 12.1 Å². The average Bonchev–Trinajstić information content (AvgIpc) is 3.48. The van der Waals surface area contributed by atoms with Gasteiger partial charge in [-0.2, -0.15) is 5.26 Å². The minimum absolute atomic E-state index is 0.0583. The van der Waals surface area contributed by atoms with Gasteiger partial charge in [0, 0.05) is 50.4 Å². The van der Waals surface area contributed by atoms with Gasteiger partial charge in [0.25, 0.3) is 0 Å². The first-order valence-corrected chi connectivity index (χ1v) is 17.2. The fraction of sp³-hybridized carbons (Fsp3) is 0.293. The van der Waals surface area contributed by atoms with Crippen molar-refractivity contribution < 1.29 is 33.3 Å². The number of nitriles is 1. The fourth-order valence-electron chi connectivity index (χ4n) is 6.18. The van der Waals surface area contributed by atoms with Gasteiger partial charge in [-0.1, -0.05) is 30.3 Å². The van der Waals surface area contributed by atoms with Crippen LogP contribution in [0.25, 0.3) is 27.9 Å². The lowest BCUT2D eigenvalue weighted by atomic mass is 9.91. The van der Waals surface area contributed by atoms with Crippen molar-refractivity contribution in [3.63, 3.8) is 0 Å². The summed E-state index contributed by atoms with van der Waals surface area (Å²) in [6, 6.07) is 22.6. The third-order valence-electron chi connectivity index (χ3n) is 8.84. The maximum Gasteiger partial charge on any atom is 0.410 e. The third-order valence-corrected chi connectivity index (χ3v) is 8.84. The summed E-state index contributed by atoms with van der Waals surface area (Å²) in [7, 11) is 1.62. The second-order valence-electron chi connectivity index (χ2n) is 13.7. The Bertz CT molecular complexity index is 2250. The molecule has 53 heavy (non-hydrogen) atoms. The van der Waals surface area contributed by atoms with Gasteiger partial charge < -0.3 is 28.8 Å². The number of aromatic carboxylic acids is 1. The number of ether oxygens (including phenoxy) is 3. The van der Waals surface area contributed by atoms with E-state index in [-0.39, 0.29) is 23.8 Å². The molecular formula is C41H40FN5O6. The molecule has 5 aromatic rings. The number of carboxylic acid groups (broad SMARTS) is 1. The summed E-state index contributed by atoms with van der Waals surface area (Å²) < 4.78 is 33.4. The number of rotatable bonds is 11. The maximum atomic E-state index is 14.5. The molecule has 0 saturated heterocycles. The van der Waals surface area contributed by atoms with Gasteiger partial charge in [-0.25, -0.2) is 23.9 Å². The van der Waals surface area contributed by atoms with Crippen molar-refractivity contribution in [2.24, 2.45) is 0 Å². The predicted molar refractivity (Wildman–Crippen MR) is 197 cm³/mol. The topological polar surface area (TPSA) is 140 Å². The molecule has 12 heteroatoms. The van der Waals surface area contributed by atoms with Crippen molar-refractivity contribution in [1.82, 2.24) is 19.4 Å². The van der Waals surface area contributed by atoms with Crippen molar-refractivity contribution in [3.05, 3.63) is 118 Å². The highest BCUT2D eigenvalue weighted by molar-refractivity contribution is 5.92. The zero-order chi connectivity index (χ0) is 37.7. The van der Waals surface area contributed by atoms with E-state index in [0.29, 0.717) is 67.3 Å². The largest absolute Gasteiger partial charge is 0.478 e. The van der Waals surface area contributed by atoms with Gasteiger partial charge in [0.15, 0.2) is 0 Å². The normalized spacial score (nSPS) is 13.1. The molecule has 2 aromatic heterocycles. The number of halogens is 1. The van der Waals surface area contributed by atoms with Gasteiger partial charge in [0.2, 0.25) is 5.88 Å². The number of carboxylic acids is 1. The molecule has 0 spiro atoms. The van der Waals surface area contributed by atoms with E-state index < -0.39 is 17.4 Å². The molecule has 3 aromatic carbocycles. The van der Waals surface area contributed by atoms with Gasteiger partial charge in [-0.3, -0.25) is 0 Å². The number of carbonyl (C=O) groups is 2. The molecular weight excluding hydrogens is 677 g/mol. The number of pyridine rings is 1. The standard InChI is InChI=1S/C41H40FN5O6/c1-41(2,3)53-40(50)46-16-14-27(15-17-46)32-21-29(34-6-5-7-38(45-34)52-25-31-9-8-26(24-43)20-33(31)42)11-10-28(32)23-37-44-35-13-12-30(39(48)49)22-36(35)47(37)18-19-51-4/h5-14,20-22H,15-19,23,25H2,1-4H3,(H,48,49). The Kier molecular flexibility index (Phi) is 10.9. The summed E-state index contributed by atoms with van der Waals surface area (Å²) in [5.41, 5.74) is 5.99. The number of benzene rings is 3. The number of hydrogen-bond donors (Lipinski definition) is 1. The maximum absolute atomic E-state index is 14.5. The fourth-order valence-corrected chi connectivity index (χ4v) is 6.18. The monoisotopic (exact) mass is 717 g/mol. The van der Waals surface area contributed by atoms with Gasteiger partial charge in [0.05, 0.1) is 40.5 Å². The quantitative estimate of drug-likeness (QED) is 0.146. The minimum atomic E-state index is -1.01. The molecule has 3 heterocycles. The van der Waals surface area contributed by atoms with Crippen LogP contribution in [0.5, 0.6) is 5.88 Å². The van der Waals surface area contributed by atoms with E-state index in [1.54, 1.807) is 42.3 Å². The van der Waals surface area contributed by atoms with Gasteiger partial charge >= 0.3 is 12.1 Å². The molecule has 6 rings (SSSR count). The van der Waals surface area contributed by atoms with Crippen LogP contribution in [0.1, 0.15) is 65.6 Å². The van der Waals surface area contributed by atoms with E-state index >= 15 is 0 Å². The molecule has 1 N–H and O–H groups in total. The van der Waals surface area contributed by atoms with E-state index in [0.717, 1.165) is 28.1 Å². The van der Waals surface area contributed by atoms with Crippen molar-refractivity contribution in [2.75, 3.05) is 26.8 Å². The Hall–Kier alpha value is -6.06. The third kappa shape index (κ3) is 8.71. The van der Waals surface area contributed by atoms with Crippen LogP contribution < -0.4 is 4.74 Å². The zero-order valence-corrected chi connectivity index (χ0v) is 30.1. The van der Waals surface area contributed by atoms with E-state index in [4.69, 9.17) is 29.4 Å². The number of amides is 1. The lowest BCUT2D eigenvalue weighted by Crippen LogP contribution is -2.39. The molecule has 11 nitrogen and oxygen atoms in total. The van der Waals surface area contributed by atoms with Crippen molar-refractivity contribution in [3.8, 4) is 23.2 Å². The second-order valence-corrected chi connectivity index (χ2v) is 13.7. The number of nitrogens with zero attached hydrogens (tertiary/aromatic N) is 5. The smallest absolute Gasteiger partial charge is 0.410 e. The van der Waals surface area contributed by atoms with Crippen LogP contribution in [0.3, 0.4) is 0 Å². The van der Waals surface area contributed by atoms with Crippen LogP contribution in [0.2, 0.25) is 0 Å². The summed E-state index contributed by atoms with van der Waals surface area (Å²) in [6.07, 6.45) is 2.71. The first kappa shape index (κ1) is 36.7. The molecule has 0 bridgehead atoms. The summed E-state index contributed by atoms with van der Waals surface area (Å²) in [4.78, 5) is 36.0. The van der Waals surface area contributed by atoms with Crippen LogP contribution in [0, 0.1) is 17.1 Å². The van der Waals surface area contributed by atoms with E-state index in [2.05, 4.69) is 6.07 Å². The van der Waals surface area contributed by atoms with Crippen molar-refractivity contribution in [2.45, 2.75) is 52.4 Å². The number of methoxy groups -OCH3 is 1. The number of hydrogen-bond acceptors (Lipinski definition) is 8. The van der Waals surface area contributed by atoms with Crippen LogP contribution in [-0.2, 0) is 29.0 Å². The van der Waals surface area contributed by atoms with Crippen molar-refractivity contribution in [1.29, 1.82) is 5.26 Å². The Morgan fingerprint density at radius 2 is 1.83 bits per heavy atom. The van der Waals surface area contributed by atoms with Crippen LogP contribution >= 0.6 is 0 Å². The highest BCUT2D eigenvalue weighted by Gasteiger charge is 2.25. The first-order chi connectivity index (χ1) is 25.4. The SMILES string of the molecule is COCCn1c(Cc2ccc(-c3cccc(OCc4ccc(C#N)cc4F)n3)cc2C2=CCN(C(=O)OC(C)(C)C)CC2)nc2ccc(C(=O)O)cc21. The Balaban J connectivity index is 1.35. The van der Waals surface area contributed by atoms with Crippen molar-refractivity contribution >= 4 is 28.7 Å². The molecule has 1 amide bonds. The highest BCUT2D eigenvalue weighted by Crippen LogP contribution is 2.33. The van der Waals surface area contributed by atoms with Crippen LogP contribution in [-0.4, -0.2) is 69.0 Å². The number of imidazole rings is 1.